The van der Waals surface area contributed by atoms with Crippen LogP contribution in [0.5, 0.6) is 0 Å². The van der Waals surface area contributed by atoms with Crippen molar-refractivity contribution in [1.82, 2.24) is 10.6 Å². The number of amides is 1. The van der Waals surface area contributed by atoms with E-state index in [2.05, 4.69) is 30.4 Å². The highest BCUT2D eigenvalue weighted by molar-refractivity contribution is 5.68. The lowest BCUT2D eigenvalue weighted by atomic mass is 10.0. The zero-order chi connectivity index (χ0) is 20.4. The van der Waals surface area contributed by atoms with Crippen LogP contribution >= 0.6 is 0 Å². The summed E-state index contributed by atoms with van der Waals surface area (Å²) in [6.45, 7) is 17.2. The molecule has 5 heteroatoms. The molecule has 0 aliphatic heterocycles. The maximum atomic E-state index is 12.2. The molecular formula is C22H30N2O3. The quantitative estimate of drug-likeness (QED) is 0.498. The van der Waals surface area contributed by atoms with Crippen molar-refractivity contribution < 1.29 is 14.3 Å². The number of methoxy groups -OCH3 is 1. The van der Waals surface area contributed by atoms with E-state index in [4.69, 9.17) is 9.47 Å². The van der Waals surface area contributed by atoms with Crippen molar-refractivity contribution >= 4 is 6.09 Å². The highest BCUT2D eigenvalue weighted by Crippen LogP contribution is 2.12. The van der Waals surface area contributed by atoms with Crippen molar-refractivity contribution in [3.63, 3.8) is 0 Å². The minimum Gasteiger partial charge on any atom is -0.497 e. The van der Waals surface area contributed by atoms with E-state index in [1.807, 2.05) is 51.1 Å². The Labute approximate surface area is 162 Å². The molecule has 0 radical (unpaired) electrons. The second-order valence-electron chi connectivity index (χ2n) is 7.07. The highest BCUT2D eigenvalue weighted by atomic mass is 16.6. The number of hydrogen-bond acceptors (Lipinski definition) is 4. The number of allylic oxidation sites excluding steroid dienone is 2. The van der Waals surface area contributed by atoms with Crippen molar-refractivity contribution in [3.05, 3.63) is 84.9 Å². The van der Waals surface area contributed by atoms with E-state index in [-0.39, 0.29) is 6.04 Å². The van der Waals surface area contributed by atoms with Crippen LogP contribution in [0, 0.1) is 0 Å². The van der Waals surface area contributed by atoms with E-state index < -0.39 is 11.7 Å². The third-order valence-corrected chi connectivity index (χ3v) is 3.45. The van der Waals surface area contributed by atoms with Crippen LogP contribution in [0.4, 0.5) is 4.79 Å². The summed E-state index contributed by atoms with van der Waals surface area (Å²) in [7, 11) is 1.54. The number of alkyl carbamates (subject to hydrolysis) is 1. The first-order chi connectivity index (χ1) is 12.6. The molecule has 1 amide bonds. The summed E-state index contributed by atoms with van der Waals surface area (Å²) < 4.78 is 10.4. The number of ether oxygens (including phenoxy) is 2. The molecule has 0 saturated heterocycles. The molecule has 0 spiro atoms. The smallest absolute Gasteiger partial charge is 0.408 e. The van der Waals surface area contributed by atoms with Crippen molar-refractivity contribution in [1.29, 1.82) is 0 Å². The summed E-state index contributed by atoms with van der Waals surface area (Å²) in [5.41, 5.74) is 1.68. The summed E-state index contributed by atoms with van der Waals surface area (Å²) in [6, 6.07) is 9.46. The molecule has 27 heavy (non-hydrogen) atoms. The van der Waals surface area contributed by atoms with Crippen LogP contribution in [0.15, 0.2) is 79.4 Å². The summed E-state index contributed by atoms with van der Waals surface area (Å²) >= 11 is 0. The molecule has 1 rings (SSSR count). The van der Waals surface area contributed by atoms with Crippen LogP contribution in [0.3, 0.4) is 0 Å². The largest absolute Gasteiger partial charge is 0.497 e. The van der Waals surface area contributed by atoms with Crippen LogP contribution in [-0.2, 0) is 15.9 Å². The molecule has 5 nitrogen and oxygen atoms in total. The topological polar surface area (TPSA) is 59.6 Å². The minimum atomic E-state index is -0.580. The number of carbonyl (C=O) groups excluding carboxylic acids is 1. The van der Waals surface area contributed by atoms with E-state index in [1.54, 1.807) is 19.3 Å². The van der Waals surface area contributed by atoms with E-state index >= 15 is 0 Å². The van der Waals surface area contributed by atoms with Gasteiger partial charge in [0, 0.05) is 11.4 Å². The standard InChI is InChI=1S/C22H30N2O3/c1-16(13-14-17(2)26-7)23-18(3)20(15-19-11-9-8-10-12-19)24-21(25)27-22(4,5)6/h8-14,20,23H,1-3,15H2,4-7H3,(H,24,25)/b14-13-. The van der Waals surface area contributed by atoms with Crippen molar-refractivity contribution in [2.45, 2.75) is 38.8 Å². The molecule has 1 aromatic carbocycles. The van der Waals surface area contributed by atoms with Gasteiger partial charge in [-0.15, -0.1) is 0 Å². The van der Waals surface area contributed by atoms with Gasteiger partial charge >= 0.3 is 6.09 Å². The first kappa shape index (κ1) is 22.1. The van der Waals surface area contributed by atoms with Crippen LogP contribution in [0.1, 0.15) is 26.3 Å². The predicted octanol–water partition coefficient (Wildman–Crippen LogP) is 4.46. The summed E-state index contributed by atoms with van der Waals surface area (Å²) in [4.78, 5) is 12.2. The Morgan fingerprint density at radius 3 is 2.33 bits per heavy atom. The zero-order valence-electron chi connectivity index (χ0n) is 16.7. The minimum absolute atomic E-state index is 0.377. The normalized spacial score (nSPS) is 12.1. The van der Waals surface area contributed by atoms with Gasteiger partial charge in [0.05, 0.1) is 13.2 Å². The molecule has 146 valence electrons. The van der Waals surface area contributed by atoms with Gasteiger partial charge in [-0.3, -0.25) is 0 Å². The summed E-state index contributed by atoms with van der Waals surface area (Å²) in [5, 5.41) is 5.98. The number of benzene rings is 1. The van der Waals surface area contributed by atoms with Gasteiger partial charge in [-0.05, 0) is 44.9 Å². The van der Waals surface area contributed by atoms with Crippen LogP contribution in [-0.4, -0.2) is 24.8 Å². The van der Waals surface area contributed by atoms with E-state index in [1.165, 1.54) is 0 Å². The molecule has 0 heterocycles. The summed E-state index contributed by atoms with van der Waals surface area (Å²) in [5.74, 6) is 0.510. The van der Waals surface area contributed by atoms with Crippen molar-refractivity contribution in [3.8, 4) is 0 Å². The lowest BCUT2D eigenvalue weighted by Crippen LogP contribution is -2.43. The lowest BCUT2D eigenvalue weighted by molar-refractivity contribution is 0.0511. The van der Waals surface area contributed by atoms with Gasteiger partial charge in [0.15, 0.2) is 0 Å². The Morgan fingerprint density at radius 1 is 1.15 bits per heavy atom. The SMILES string of the molecule is C=C(/C=C\C(=C)OC)NC(=C)C(Cc1ccccc1)NC(=O)OC(C)(C)C. The summed E-state index contributed by atoms with van der Waals surface area (Å²) in [6.07, 6.45) is 3.48. The van der Waals surface area contributed by atoms with Gasteiger partial charge in [0.2, 0.25) is 0 Å². The van der Waals surface area contributed by atoms with E-state index in [9.17, 15) is 4.79 Å². The lowest BCUT2D eigenvalue weighted by Gasteiger charge is -2.25. The molecule has 0 saturated carbocycles. The van der Waals surface area contributed by atoms with E-state index in [0.717, 1.165) is 5.56 Å². The number of carbonyl (C=O) groups is 1. The monoisotopic (exact) mass is 370 g/mol. The molecule has 0 aromatic heterocycles. The van der Waals surface area contributed by atoms with Crippen molar-refractivity contribution in [2.24, 2.45) is 0 Å². The maximum Gasteiger partial charge on any atom is 0.408 e. The average Bonchev–Trinajstić information content (AvgIpc) is 2.58. The van der Waals surface area contributed by atoms with Crippen LogP contribution in [0.2, 0.25) is 0 Å². The van der Waals surface area contributed by atoms with Gasteiger partial charge in [-0.1, -0.05) is 50.1 Å². The van der Waals surface area contributed by atoms with Crippen LogP contribution in [0.25, 0.3) is 0 Å². The fraction of sp³-hybridized carbons (Fsp3) is 0.318. The second-order valence-corrected chi connectivity index (χ2v) is 7.07. The Bertz CT molecular complexity index is 700. The molecule has 0 bridgehead atoms. The molecular weight excluding hydrogens is 340 g/mol. The molecule has 0 fully saturated rings. The molecule has 0 aliphatic rings. The predicted molar refractivity (Wildman–Crippen MR) is 110 cm³/mol. The van der Waals surface area contributed by atoms with Gasteiger partial charge in [0.1, 0.15) is 11.4 Å². The van der Waals surface area contributed by atoms with Crippen LogP contribution < -0.4 is 10.6 Å². The number of rotatable bonds is 9. The zero-order valence-corrected chi connectivity index (χ0v) is 16.7. The highest BCUT2D eigenvalue weighted by Gasteiger charge is 2.21. The average molecular weight is 370 g/mol. The van der Waals surface area contributed by atoms with Crippen molar-refractivity contribution in [2.75, 3.05) is 7.11 Å². The first-order valence-corrected chi connectivity index (χ1v) is 8.70. The first-order valence-electron chi connectivity index (χ1n) is 8.70. The Hall–Kier alpha value is -2.95. The maximum absolute atomic E-state index is 12.2. The third kappa shape index (κ3) is 9.35. The number of nitrogens with one attached hydrogen (secondary N) is 2. The second kappa shape index (κ2) is 10.3. The third-order valence-electron chi connectivity index (χ3n) is 3.45. The Kier molecular flexibility index (Phi) is 8.39. The molecule has 0 aliphatic carbocycles. The fourth-order valence-corrected chi connectivity index (χ4v) is 2.16. The van der Waals surface area contributed by atoms with Gasteiger partial charge < -0.3 is 20.1 Å². The Balaban J connectivity index is 2.84. The fourth-order valence-electron chi connectivity index (χ4n) is 2.16. The van der Waals surface area contributed by atoms with Gasteiger partial charge in [0.25, 0.3) is 0 Å². The molecule has 2 N–H and O–H groups in total. The van der Waals surface area contributed by atoms with E-state index in [0.29, 0.717) is 23.6 Å². The molecule has 1 atom stereocenters. The molecule has 1 aromatic rings. The Morgan fingerprint density at radius 2 is 1.78 bits per heavy atom. The van der Waals surface area contributed by atoms with Gasteiger partial charge in [-0.2, -0.15) is 0 Å². The number of hydrogen-bond donors (Lipinski definition) is 2. The molecule has 1 unspecified atom stereocenters. The van der Waals surface area contributed by atoms with Gasteiger partial charge in [-0.25, -0.2) is 4.79 Å².